The highest BCUT2D eigenvalue weighted by Gasteiger charge is 2.27. The molecule has 0 spiro atoms. The molecule has 35 heavy (non-hydrogen) atoms. The van der Waals surface area contributed by atoms with E-state index in [4.69, 9.17) is 5.10 Å². The highest BCUT2D eigenvalue weighted by Crippen LogP contribution is 2.30. The molecule has 188 valence electrons. The Morgan fingerprint density at radius 3 is 2.60 bits per heavy atom. The summed E-state index contributed by atoms with van der Waals surface area (Å²) in [5.74, 6) is 1.32. The number of carbonyl (C=O) groups excluding carboxylic acids is 1. The number of rotatable bonds is 9. The summed E-state index contributed by atoms with van der Waals surface area (Å²) in [6.45, 7) is 11.2. The molecule has 0 atom stereocenters. The number of hydrogen-bond acceptors (Lipinski definition) is 5. The molecule has 6 nitrogen and oxygen atoms in total. The SMILES string of the molecule is Cc1nn(-c2cccc(F)c2)c(N2CCN(C)CC2)c1CN(CCC(C)C)C(=O)Cc1cccs1. The summed E-state index contributed by atoms with van der Waals surface area (Å²) in [6.07, 6.45) is 1.35. The van der Waals surface area contributed by atoms with Gasteiger partial charge in [0.05, 0.1) is 24.3 Å². The van der Waals surface area contributed by atoms with Crippen LogP contribution in [0.4, 0.5) is 10.2 Å². The van der Waals surface area contributed by atoms with Crippen LogP contribution in [-0.2, 0) is 17.8 Å². The Hall–Kier alpha value is -2.71. The van der Waals surface area contributed by atoms with Gasteiger partial charge < -0.3 is 14.7 Å². The van der Waals surface area contributed by atoms with Crippen LogP contribution in [0.1, 0.15) is 36.4 Å². The van der Waals surface area contributed by atoms with Crippen LogP contribution >= 0.6 is 11.3 Å². The van der Waals surface area contributed by atoms with Gasteiger partial charge in [-0.15, -0.1) is 11.3 Å². The molecule has 3 aromatic rings. The van der Waals surface area contributed by atoms with Gasteiger partial charge in [-0.1, -0.05) is 26.0 Å². The fourth-order valence-corrected chi connectivity index (χ4v) is 5.13. The highest BCUT2D eigenvalue weighted by atomic mass is 32.1. The third-order valence-electron chi connectivity index (χ3n) is 6.60. The van der Waals surface area contributed by atoms with Crippen molar-refractivity contribution in [1.82, 2.24) is 19.6 Å². The number of benzene rings is 1. The van der Waals surface area contributed by atoms with Crippen molar-refractivity contribution in [2.75, 3.05) is 44.7 Å². The number of carbonyl (C=O) groups is 1. The number of anilines is 1. The Balaban J connectivity index is 1.70. The zero-order valence-corrected chi connectivity index (χ0v) is 22.0. The van der Waals surface area contributed by atoms with Gasteiger partial charge in [-0.25, -0.2) is 9.07 Å². The van der Waals surface area contributed by atoms with Crippen LogP contribution in [-0.4, -0.2) is 65.3 Å². The first kappa shape index (κ1) is 25.4. The third-order valence-corrected chi connectivity index (χ3v) is 7.47. The molecule has 0 saturated carbocycles. The van der Waals surface area contributed by atoms with E-state index in [0.29, 0.717) is 31.1 Å². The van der Waals surface area contributed by atoms with Crippen molar-refractivity contribution in [2.45, 2.75) is 40.2 Å². The number of nitrogens with zero attached hydrogens (tertiary/aromatic N) is 5. The minimum Gasteiger partial charge on any atom is -0.354 e. The fraction of sp³-hybridized carbons (Fsp3) is 0.481. The number of halogens is 1. The van der Waals surface area contributed by atoms with E-state index in [1.165, 1.54) is 12.1 Å². The van der Waals surface area contributed by atoms with E-state index < -0.39 is 0 Å². The molecule has 1 aliphatic heterocycles. The second-order valence-corrected chi connectivity index (χ2v) is 10.9. The maximum absolute atomic E-state index is 14.1. The van der Waals surface area contributed by atoms with E-state index in [9.17, 15) is 9.18 Å². The molecule has 0 aliphatic carbocycles. The van der Waals surface area contributed by atoms with Gasteiger partial charge in [0.15, 0.2) is 0 Å². The molecule has 1 amide bonds. The topological polar surface area (TPSA) is 44.6 Å². The summed E-state index contributed by atoms with van der Waals surface area (Å²) < 4.78 is 16.0. The molecule has 1 fully saturated rings. The Bertz CT molecular complexity index is 1120. The normalized spacial score (nSPS) is 14.6. The molecule has 4 rings (SSSR count). The van der Waals surface area contributed by atoms with E-state index in [1.54, 1.807) is 17.4 Å². The number of aryl methyl sites for hydroxylation is 1. The average Bonchev–Trinajstić information content (AvgIpc) is 3.44. The molecule has 1 aromatic carbocycles. The average molecular weight is 498 g/mol. The summed E-state index contributed by atoms with van der Waals surface area (Å²) in [4.78, 5) is 21.1. The third kappa shape index (κ3) is 6.30. The molecule has 2 aromatic heterocycles. The number of aromatic nitrogens is 2. The van der Waals surface area contributed by atoms with Gasteiger partial charge in [-0.05, 0) is 56.0 Å². The van der Waals surface area contributed by atoms with E-state index >= 15 is 0 Å². The molecular formula is C27H36FN5OS. The lowest BCUT2D eigenvalue weighted by atomic mass is 10.1. The highest BCUT2D eigenvalue weighted by molar-refractivity contribution is 7.10. The molecular weight excluding hydrogens is 461 g/mol. The van der Waals surface area contributed by atoms with Gasteiger partial charge >= 0.3 is 0 Å². The fourth-order valence-electron chi connectivity index (χ4n) is 4.43. The van der Waals surface area contributed by atoms with Crippen molar-refractivity contribution in [3.63, 3.8) is 0 Å². The van der Waals surface area contributed by atoms with Gasteiger partial charge in [0.2, 0.25) is 5.91 Å². The number of hydrogen-bond donors (Lipinski definition) is 0. The molecule has 3 heterocycles. The summed E-state index contributed by atoms with van der Waals surface area (Å²) in [5, 5.41) is 6.87. The van der Waals surface area contributed by atoms with Crippen LogP contribution in [0.3, 0.4) is 0 Å². The molecule has 1 aliphatic rings. The maximum atomic E-state index is 14.1. The summed E-state index contributed by atoms with van der Waals surface area (Å²) in [6, 6.07) is 10.6. The van der Waals surface area contributed by atoms with Crippen molar-refractivity contribution in [3.8, 4) is 5.69 Å². The first-order valence-corrected chi connectivity index (χ1v) is 13.3. The van der Waals surface area contributed by atoms with E-state index in [1.807, 2.05) is 40.1 Å². The molecule has 0 unspecified atom stereocenters. The Labute approximate surface area is 212 Å². The van der Waals surface area contributed by atoms with Gasteiger partial charge in [-0.2, -0.15) is 5.10 Å². The number of thiophene rings is 1. The second kappa shape index (κ2) is 11.4. The molecule has 0 bridgehead atoms. The maximum Gasteiger partial charge on any atom is 0.228 e. The van der Waals surface area contributed by atoms with Gasteiger partial charge in [0, 0.05) is 43.2 Å². The van der Waals surface area contributed by atoms with E-state index in [-0.39, 0.29) is 11.7 Å². The number of amides is 1. The first-order chi connectivity index (χ1) is 16.8. The lowest BCUT2D eigenvalue weighted by Gasteiger charge is -2.35. The number of likely N-dealkylation sites (N-methyl/N-ethyl adjacent to an activating group) is 1. The van der Waals surface area contributed by atoms with Gasteiger partial charge in [0.1, 0.15) is 11.6 Å². The van der Waals surface area contributed by atoms with E-state index in [0.717, 1.165) is 54.6 Å². The van der Waals surface area contributed by atoms with Crippen molar-refractivity contribution in [2.24, 2.45) is 5.92 Å². The summed E-state index contributed by atoms with van der Waals surface area (Å²) in [7, 11) is 2.13. The minimum atomic E-state index is -0.286. The van der Waals surface area contributed by atoms with Crippen molar-refractivity contribution in [3.05, 3.63) is 63.7 Å². The zero-order valence-electron chi connectivity index (χ0n) is 21.2. The van der Waals surface area contributed by atoms with Crippen LogP contribution < -0.4 is 4.90 Å². The van der Waals surface area contributed by atoms with Crippen LogP contribution in [0.25, 0.3) is 5.69 Å². The molecule has 8 heteroatoms. The summed E-state index contributed by atoms with van der Waals surface area (Å²) >= 11 is 1.62. The molecule has 0 N–H and O–H groups in total. The molecule has 0 radical (unpaired) electrons. The second-order valence-electron chi connectivity index (χ2n) is 9.82. The largest absolute Gasteiger partial charge is 0.354 e. The van der Waals surface area contributed by atoms with Gasteiger partial charge in [0.25, 0.3) is 0 Å². The predicted octanol–water partition coefficient (Wildman–Crippen LogP) is 4.75. The van der Waals surface area contributed by atoms with Crippen LogP contribution in [0.15, 0.2) is 41.8 Å². The Kier molecular flexibility index (Phi) is 8.23. The monoisotopic (exact) mass is 497 g/mol. The standard InChI is InChI=1S/C27H36FN5OS/c1-20(2)10-11-32(26(34)18-24-9-6-16-35-24)19-25-21(3)29-33(23-8-5-7-22(28)17-23)27(25)31-14-12-30(4)13-15-31/h5-9,16-17,20H,10-15,18-19H2,1-4H3. The first-order valence-electron chi connectivity index (χ1n) is 12.4. The minimum absolute atomic E-state index is 0.135. The predicted molar refractivity (Wildman–Crippen MR) is 141 cm³/mol. The smallest absolute Gasteiger partial charge is 0.228 e. The quantitative estimate of drug-likeness (QED) is 0.428. The Morgan fingerprint density at radius 1 is 1.17 bits per heavy atom. The summed E-state index contributed by atoms with van der Waals surface area (Å²) in [5.41, 5.74) is 2.62. The molecule has 1 saturated heterocycles. The van der Waals surface area contributed by atoms with Crippen molar-refractivity contribution < 1.29 is 9.18 Å². The lowest BCUT2D eigenvalue weighted by molar-refractivity contribution is -0.131. The lowest BCUT2D eigenvalue weighted by Crippen LogP contribution is -2.45. The van der Waals surface area contributed by atoms with Crippen LogP contribution in [0.5, 0.6) is 0 Å². The Morgan fingerprint density at radius 2 is 1.94 bits per heavy atom. The van der Waals surface area contributed by atoms with Crippen LogP contribution in [0.2, 0.25) is 0 Å². The van der Waals surface area contributed by atoms with E-state index in [2.05, 4.69) is 30.7 Å². The number of piperazine rings is 1. The van der Waals surface area contributed by atoms with Crippen molar-refractivity contribution in [1.29, 1.82) is 0 Å². The van der Waals surface area contributed by atoms with Gasteiger partial charge in [-0.3, -0.25) is 4.79 Å². The zero-order chi connectivity index (χ0) is 24.9. The van der Waals surface area contributed by atoms with Crippen molar-refractivity contribution >= 4 is 23.1 Å². The van der Waals surface area contributed by atoms with Crippen LogP contribution in [0, 0.1) is 18.7 Å².